The van der Waals surface area contributed by atoms with Gasteiger partial charge in [0.05, 0.1) is 47.4 Å². The molecule has 0 saturated heterocycles. The molecule has 1 atom stereocenters. The zero-order valence-electron chi connectivity index (χ0n) is 19.4. The van der Waals surface area contributed by atoms with Crippen LogP contribution in [0.25, 0.3) is 16.9 Å². The van der Waals surface area contributed by atoms with E-state index in [9.17, 15) is 9.59 Å². The number of ether oxygens (including phenoxy) is 1. The number of amides is 1. The van der Waals surface area contributed by atoms with Crippen molar-refractivity contribution in [3.63, 3.8) is 0 Å². The number of halogens is 1. The molecule has 176 valence electrons. The van der Waals surface area contributed by atoms with E-state index in [0.717, 1.165) is 22.6 Å². The highest BCUT2D eigenvalue weighted by molar-refractivity contribution is 6.31. The molecule has 4 aromatic rings. The standard InChI is InChI=1S/C24H25ClN6O3/c1-5-34-24(33)19-12-27-31-20(9-10-26-22(19)31)17-7-6-8-18(11-17)28-23(32)14(2)13-30-16(4)21(25)15(3)29-30/h6-12,14H,5,13H2,1-4H3,(H,28,32). The fraction of sp³-hybridized carbons (Fsp3) is 0.292. The smallest absolute Gasteiger partial charge is 0.343 e. The number of fused-ring (bicyclic) bond motifs is 1. The van der Waals surface area contributed by atoms with Crippen molar-refractivity contribution in [2.75, 3.05) is 11.9 Å². The van der Waals surface area contributed by atoms with Gasteiger partial charge in [0.1, 0.15) is 5.56 Å². The summed E-state index contributed by atoms with van der Waals surface area (Å²) in [4.78, 5) is 29.3. The van der Waals surface area contributed by atoms with E-state index < -0.39 is 5.97 Å². The van der Waals surface area contributed by atoms with Crippen molar-refractivity contribution in [2.24, 2.45) is 5.92 Å². The number of rotatable bonds is 7. The van der Waals surface area contributed by atoms with E-state index in [1.54, 1.807) is 28.4 Å². The number of nitrogens with one attached hydrogen (secondary N) is 1. The molecule has 0 aliphatic heterocycles. The third-order valence-corrected chi connectivity index (χ3v) is 6.06. The van der Waals surface area contributed by atoms with Crippen LogP contribution in [0.15, 0.2) is 42.7 Å². The Kier molecular flexibility index (Phi) is 6.65. The van der Waals surface area contributed by atoms with E-state index in [1.165, 1.54) is 6.20 Å². The molecule has 9 nitrogen and oxygen atoms in total. The van der Waals surface area contributed by atoms with Crippen LogP contribution in [0.1, 0.15) is 35.6 Å². The highest BCUT2D eigenvalue weighted by Gasteiger charge is 2.19. The first-order valence-corrected chi connectivity index (χ1v) is 11.3. The van der Waals surface area contributed by atoms with Crippen LogP contribution in [0.5, 0.6) is 0 Å². The zero-order chi connectivity index (χ0) is 24.4. The van der Waals surface area contributed by atoms with E-state index in [2.05, 4.69) is 20.5 Å². The lowest BCUT2D eigenvalue weighted by Crippen LogP contribution is -2.25. The summed E-state index contributed by atoms with van der Waals surface area (Å²) in [7, 11) is 0. The lowest BCUT2D eigenvalue weighted by atomic mass is 10.1. The summed E-state index contributed by atoms with van der Waals surface area (Å²) in [5.41, 5.74) is 4.46. The normalized spacial score (nSPS) is 12.0. The molecule has 0 radical (unpaired) electrons. The molecule has 4 rings (SSSR count). The van der Waals surface area contributed by atoms with Crippen molar-refractivity contribution in [1.29, 1.82) is 0 Å². The lowest BCUT2D eigenvalue weighted by molar-refractivity contribution is -0.119. The Labute approximate surface area is 201 Å². The number of esters is 1. The van der Waals surface area contributed by atoms with Crippen molar-refractivity contribution in [2.45, 2.75) is 34.2 Å². The van der Waals surface area contributed by atoms with Gasteiger partial charge in [-0.05, 0) is 39.0 Å². The van der Waals surface area contributed by atoms with Crippen LogP contribution < -0.4 is 5.32 Å². The molecule has 3 aromatic heterocycles. The molecule has 10 heteroatoms. The van der Waals surface area contributed by atoms with E-state index >= 15 is 0 Å². The van der Waals surface area contributed by atoms with Gasteiger partial charge in [0.2, 0.25) is 5.91 Å². The molecule has 1 amide bonds. The molecular formula is C24H25ClN6O3. The van der Waals surface area contributed by atoms with Crippen LogP contribution >= 0.6 is 11.6 Å². The number of hydrogen-bond donors (Lipinski definition) is 1. The predicted molar refractivity (Wildman–Crippen MR) is 129 cm³/mol. The van der Waals surface area contributed by atoms with Crippen molar-refractivity contribution in [3.05, 3.63) is 64.7 Å². The van der Waals surface area contributed by atoms with Gasteiger partial charge in [-0.3, -0.25) is 9.48 Å². The largest absolute Gasteiger partial charge is 0.462 e. The summed E-state index contributed by atoms with van der Waals surface area (Å²) in [6.07, 6.45) is 3.06. The Morgan fingerprint density at radius 3 is 2.74 bits per heavy atom. The Hall–Kier alpha value is -3.72. The maximum atomic E-state index is 12.9. The van der Waals surface area contributed by atoms with Crippen LogP contribution in [-0.4, -0.2) is 42.9 Å². The second-order valence-corrected chi connectivity index (χ2v) is 8.36. The summed E-state index contributed by atoms with van der Waals surface area (Å²) in [5, 5.41) is 12.3. The second-order valence-electron chi connectivity index (χ2n) is 7.98. The summed E-state index contributed by atoms with van der Waals surface area (Å²) in [6, 6.07) is 9.21. The highest BCUT2D eigenvalue weighted by atomic mass is 35.5. The Bertz CT molecular complexity index is 1380. The van der Waals surface area contributed by atoms with Crippen molar-refractivity contribution in [1.82, 2.24) is 24.4 Å². The van der Waals surface area contributed by atoms with Gasteiger partial charge in [0.25, 0.3) is 0 Å². The van der Waals surface area contributed by atoms with Crippen LogP contribution in [0.4, 0.5) is 5.69 Å². The number of anilines is 1. The molecule has 0 spiro atoms. The van der Waals surface area contributed by atoms with E-state index in [-0.39, 0.29) is 18.4 Å². The predicted octanol–water partition coefficient (Wildman–Crippen LogP) is 4.31. The lowest BCUT2D eigenvalue weighted by Gasteiger charge is -2.14. The number of aromatic nitrogens is 5. The van der Waals surface area contributed by atoms with E-state index in [0.29, 0.717) is 28.5 Å². The van der Waals surface area contributed by atoms with Crippen LogP contribution in [0, 0.1) is 19.8 Å². The number of nitrogens with zero attached hydrogens (tertiary/aromatic N) is 5. The van der Waals surface area contributed by atoms with Crippen LogP contribution in [0.3, 0.4) is 0 Å². The molecule has 1 aromatic carbocycles. The van der Waals surface area contributed by atoms with Gasteiger partial charge in [-0.25, -0.2) is 14.3 Å². The number of benzene rings is 1. The third kappa shape index (κ3) is 4.51. The number of carbonyl (C=O) groups excluding carboxylic acids is 2. The van der Waals surface area contributed by atoms with Crippen LogP contribution in [-0.2, 0) is 16.1 Å². The molecule has 34 heavy (non-hydrogen) atoms. The first-order valence-electron chi connectivity index (χ1n) is 10.9. The monoisotopic (exact) mass is 480 g/mol. The Morgan fingerprint density at radius 1 is 1.24 bits per heavy atom. The average Bonchev–Trinajstić information content (AvgIpc) is 3.36. The van der Waals surface area contributed by atoms with Crippen LogP contribution in [0.2, 0.25) is 5.02 Å². The minimum Gasteiger partial charge on any atom is -0.462 e. The topological polar surface area (TPSA) is 103 Å². The zero-order valence-corrected chi connectivity index (χ0v) is 20.1. The van der Waals surface area contributed by atoms with Crippen molar-refractivity contribution < 1.29 is 14.3 Å². The van der Waals surface area contributed by atoms with Gasteiger partial charge in [-0.2, -0.15) is 10.2 Å². The SMILES string of the molecule is CCOC(=O)c1cnn2c(-c3cccc(NC(=O)C(C)Cn4nc(C)c(Cl)c4C)c3)ccnc12. The van der Waals surface area contributed by atoms with E-state index in [4.69, 9.17) is 16.3 Å². The van der Waals surface area contributed by atoms with Crippen molar-refractivity contribution >= 4 is 34.8 Å². The molecule has 3 heterocycles. The summed E-state index contributed by atoms with van der Waals surface area (Å²) >= 11 is 6.22. The second kappa shape index (κ2) is 9.64. The minimum atomic E-state index is -0.471. The molecule has 0 aliphatic rings. The van der Waals surface area contributed by atoms with E-state index in [1.807, 2.05) is 45.0 Å². The molecule has 0 fully saturated rings. The minimum absolute atomic E-state index is 0.135. The molecule has 0 saturated carbocycles. The fourth-order valence-corrected chi connectivity index (χ4v) is 3.82. The summed E-state index contributed by atoms with van der Waals surface area (Å²) < 4.78 is 8.43. The molecule has 1 unspecified atom stereocenters. The third-order valence-electron chi connectivity index (χ3n) is 5.51. The van der Waals surface area contributed by atoms with Gasteiger partial charge in [-0.15, -0.1) is 0 Å². The Morgan fingerprint density at radius 2 is 2.03 bits per heavy atom. The maximum absolute atomic E-state index is 12.9. The van der Waals surface area contributed by atoms with Gasteiger partial charge in [-0.1, -0.05) is 30.7 Å². The summed E-state index contributed by atoms with van der Waals surface area (Å²) in [6.45, 7) is 8.00. The molecular weight excluding hydrogens is 456 g/mol. The van der Waals surface area contributed by atoms with Gasteiger partial charge >= 0.3 is 5.97 Å². The number of carbonyl (C=O) groups is 2. The first-order chi connectivity index (χ1) is 16.3. The fourth-order valence-electron chi connectivity index (χ4n) is 3.68. The number of hydrogen-bond acceptors (Lipinski definition) is 6. The Balaban J connectivity index is 1.55. The van der Waals surface area contributed by atoms with Crippen molar-refractivity contribution in [3.8, 4) is 11.3 Å². The van der Waals surface area contributed by atoms with Gasteiger partial charge in [0.15, 0.2) is 5.65 Å². The highest BCUT2D eigenvalue weighted by Crippen LogP contribution is 2.25. The summed E-state index contributed by atoms with van der Waals surface area (Å²) in [5.74, 6) is -0.936. The quantitative estimate of drug-likeness (QED) is 0.395. The van der Waals surface area contributed by atoms with Gasteiger partial charge < -0.3 is 10.1 Å². The molecule has 1 N–H and O–H groups in total. The molecule has 0 aliphatic carbocycles. The average molecular weight is 481 g/mol. The molecule has 0 bridgehead atoms. The van der Waals surface area contributed by atoms with Gasteiger partial charge in [0, 0.05) is 17.4 Å². The maximum Gasteiger partial charge on any atom is 0.343 e. The first kappa shape index (κ1) is 23.4. The number of aryl methyl sites for hydroxylation is 1.